The van der Waals surface area contributed by atoms with Crippen molar-refractivity contribution in [1.29, 1.82) is 0 Å². The van der Waals surface area contributed by atoms with Gasteiger partial charge in [-0.25, -0.2) is 0 Å². The van der Waals surface area contributed by atoms with Crippen LogP contribution in [0.5, 0.6) is 0 Å². The molecule has 0 bridgehead atoms. The lowest BCUT2D eigenvalue weighted by Crippen LogP contribution is -2.20. The fourth-order valence-corrected chi connectivity index (χ4v) is 2.91. The van der Waals surface area contributed by atoms with E-state index in [0.717, 1.165) is 10.0 Å². The molecule has 1 N–H and O–H groups in total. The molecule has 3 aromatic carbocycles. The number of alkyl halides is 4. The van der Waals surface area contributed by atoms with Crippen LogP contribution < -0.4 is 0 Å². The summed E-state index contributed by atoms with van der Waals surface area (Å²) < 4.78 is 58.9. The van der Waals surface area contributed by atoms with Gasteiger partial charge in [0.1, 0.15) is 13.2 Å². The average molecular weight is 485 g/mol. The third-order valence-corrected chi connectivity index (χ3v) is 4.53. The zero-order valence-corrected chi connectivity index (χ0v) is 17.5. The molecule has 0 aliphatic carbocycles. The second kappa shape index (κ2) is 11.2. The Morgan fingerprint density at radius 2 is 1.27 bits per heavy atom. The van der Waals surface area contributed by atoms with Crippen molar-refractivity contribution in [3.05, 3.63) is 106 Å². The number of hydrogen-bond donors (Lipinski definition) is 1. The summed E-state index contributed by atoms with van der Waals surface area (Å²) in [5.74, 6) is -6.07. The van der Waals surface area contributed by atoms with E-state index in [9.17, 15) is 17.6 Å². The Kier molecular flexibility index (Phi) is 9.02. The molecule has 0 amide bonds. The number of benzene rings is 3. The molecule has 30 heavy (non-hydrogen) atoms. The van der Waals surface area contributed by atoms with Gasteiger partial charge < -0.3 is 9.84 Å². The monoisotopic (exact) mass is 484 g/mol. The van der Waals surface area contributed by atoms with E-state index in [2.05, 4.69) is 15.9 Å². The maximum absolute atomic E-state index is 13.8. The smallest absolute Gasteiger partial charge is 0.296 e. The van der Waals surface area contributed by atoms with Crippen LogP contribution in [0.25, 0.3) is 0 Å². The van der Waals surface area contributed by atoms with Gasteiger partial charge in [-0.1, -0.05) is 88.7 Å². The molecule has 0 unspecified atom stereocenters. The zero-order valence-electron chi connectivity index (χ0n) is 15.9. The second-order valence-electron chi connectivity index (χ2n) is 6.42. The van der Waals surface area contributed by atoms with Crippen molar-refractivity contribution in [3.8, 4) is 0 Å². The largest absolute Gasteiger partial charge is 0.390 e. The molecule has 0 heterocycles. The Balaban J connectivity index is 0.000000248. The highest BCUT2D eigenvalue weighted by Gasteiger charge is 2.31. The lowest BCUT2D eigenvalue weighted by Gasteiger charge is -2.16. The second-order valence-corrected chi connectivity index (χ2v) is 7.34. The Labute approximate surface area is 181 Å². The molecule has 160 valence electrons. The first-order valence-corrected chi connectivity index (χ1v) is 9.83. The summed E-state index contributed by atoms with van der Waals surface area (Å²) in [6.45, 7) is -1.59. The normalized spacial score (nSPS) is 11.5. The van der Waals surface area contributed by atoms with Gasteiger partial charge in [-0.15, -0.1) is 0 Å². The summed E-state index contributed by atoms with van der Waals surface area (Å²) >= 11 is 3.33. The van der Waals surface area contributed by atoms with Gasteiger partial charge in [-0.3, -0.25) is 0 Å². The molecule has 3 rings (SSSR count). The van der Waals surface area contributed by atoms with Crippen LogP contribution in [0, 0.1) is 0 Å². The van der Waals surface area contributed by atoms with E-state index in [4.69, 9.17) is 9.84 Å². The van der Waals surface area contributed by atoms with Gasteiger partial charge in [-0.05, 0) is 17.7 Å². The van der Waals surface area contributed by atoms with Crippen LogP contribution in [-0.2, 0) is 23.2 Å². The van der Waals surface area contributed by atoms with Crippen LogP contribution in [0.3, 0.4) is 0 Å². The van der Waals surface area contributed by atoms with Crippen LogP contribution in [-0.4, -0.2) is 18.3 Å². The van der Waals surface area contributed by atoms with Gasteiger partial charge >= 0.3 is 0 Å². The molecule has 2 nitrogen and oxygen atoms in total. The van der Waals surface area contributed by atoms with E-state index in [1.807, 2.05) is 24.3 Å². The van der Waals surface area contributed by atoms with E-state index >= 15 is 0 Å². The molecule has 0 radical (unpaired) electrons. The minimum absolute atomic E-state index is 0.0238. The van der Waals surface area contributed by atoms with Crippen molar-refractivity contribution in [2.24, 2.45) is 0 Å². The van der Waals surface area contributed by atoms with Gasteiger partial charge in [0.05, 0.1) is 6.61 Å². The highest BCUT2D eigenvalue weighted by atomic mass is 79.9. The molecule has 0 aliphatic heterocycles. The summed E-state index contributed by atoms with van der Waals surface area (Å²) in [7, 11) is 0. The average Bonchev–Trinajstić information content (AvgIpc) is 2.75. The summed E-state index contributed by atoms with van der Waals surface area (Å²) in [5, 5.41) is 8.30. The third kappa shape index (κ3) is 7.55. The minimum atomic E-state index is -3.11. The lowest BCUT2D eigenvalue weighted by atomic mass is 10.1. The van der Waals surface area contributed by atoms with E-state index < -0.39 is 25.1 Å². The van der Waals surface area contributed by atoms with Crippen molar-refractivity contribution in [2.45, 2.75) is 18.5 Å². The predicted octanol–water partition coefficient (Wildman–Crippen LogP) is 6.53. The Bertz CT molecular complexity index is 890. The molecule has 0 aliphatic rings. The summed E-state index contributed by atoms with van der Waals surface area (Å²) in [4.78, 5) is 0. The molecule has 0 atom stereocenters. The number of halogens is 5. The Morgan fingerprint density at radius 3 is 1.77 bits per heavy atom. The Morgan fingerprint density at radius 1 is 0.733 bits per heavy atom. The first-order chi connectivity index (χ1) is 14.2. The maximum atomic E-state index is 13.8. The topological polar surface area (TPSA) is 29.5 Å². The van der Waals surface area contributed by atoms with E-state index in [1.165, 1.54) is 36.4 Å². The van der Waals surface area contributed by atoms with Crippen LogP contribution >= 0.6 is 15.9 Å². The maximum Gasteiger partial charge on any atom is 0.296 e. The van der Waals surface area contributed by atoms with Crippen molar-refractivity contribution in [2.75, 3.05) is 13.2 Å². The van der Waals surface area contributed by atoms with E-state index in [0.29, 0.717) is 0 Å². The Hall–Kier alpha value is -2.22. The van der Waals surface area contributed by atoms with Gasteiger partial charge in [0.25, 0.3) is 11.8 Å². The van der Waals surface area contributed by atoms with Crippen molar-refractivity contribution in [1.82, 2.24) is 0 Å². The molecule has 3 aromatic rings. The number of rotatable bonds is 7. The molecule has 0 spiro atoms. The summed E-state index contributed by atoms with van der Waals surface area (Å²) in [6.07, 6.45) is 0. The highest BCUT2D eigenvalue weighted by molar-refractivity contribution is 9.10. The van der Waals surface area contributed by atoms with Gasteiger partial charge in [0.15, 0.2) is 0 Å². The predicted molar refractivity (Wildman–Crippen MR) is 112 cm³/mol. The molecule has 0 saturated heterocycles. The first kappa shape index (κ1) is 24.1. The highest BCUT2D eigenvalue weighted by Crippen LogP contribution is 2.28. The molecule has 7 heteroatoms. The van der Waals surface area contributed by atoms with Gasteiger partial charge in [0.2, 0.25) is 0 Å². The molecular weight excluding hydrogens is 464 g/mol. The van der Waals surface area contributed by atoms with Crippen LogP contribution in [0.15, 0.2) is 89.4 Å². The number of hydrogen-bond acceptors (Lipinski definition) is 2. The number of aliphatic hydroxyl groups excluding tert-OH is 1. The summed E-state index contributed by atoms with van der Waals surface area (Å²) in [6, 6.07) is 22.4. The summed E-state index contributed by atoms with van der Waals surface area (Å²) in [5.41, 5.74) is 0.685. The quantitative estimate of drug-likeness (QED) is 0.386. The van der Waals surface area contributed by atoms with Crippen LogP contribution in [0.1, 0.15) is 16.7 Å². The number of aliphatic hydroxyl groups is 1. The number of ether oxygens (including phenoxy) is 1. The van der Waals surface area contributed by atoms with Crippen molar-refractivity contribution >= 4 is 15.9 Å². The standard InChI is InChI=1S/C15H13BrF2O.C8H8F2O/c16-14-8-4-5-12(9-14)10-19-11-15(17,18)13-6-2-1-3-7-13;9-8(10,6-11)7-4-2-1-3-5-7/h1-9H,10-11H2;1-5,11H,6H2. The van der Waals surface area contributed by atoms with Crippen LogP contribution in [0.2, 0.25) is 0 Å². The van der Waals surface area contributed by atoms with Crippen molar-refractivity contribution in [3.63, 3.8) is 0 Å². The first-order valence-electron chi connectivity index (χ1n) is 9.04. The van der Waals surface area contributed by atoms with Gasteiger partial charge in [0, 0.05) is 15.6 Å². The molecular formula is C23H21BrF4O2. The van der Waals surface area contributed by atoms with Crippen LogP contribution in [0.4, 0.5) is 17.6 Å². The molecule has 0 aromatic heterocycles. The minimum Gasteiger partial charge on any atom is -0.390 e. The van der Waals surface area contributed by atoms with E-state index in [-0.39, 0.29) is 17.7 Å². The van der Waals surface area contributed by atoms with Gasteiger partial charge in [-0.2, -0.15) is 17.6 Å². The van der Waals surface area contributed by atoms with E-state index in [1.54, 1.807) is 24.3 Å². The van der Waals surface area contributed by atoms with Crippen molar-refractivity contribution < 1.29 is 27.4 Å². The zero-order chi connectivity index (χ0) is 22.0. The fourth-order valence-electron chi connectivity index (χ4n) is 2.46. The fraction of sp³-hybridized carbons (Fsp3) is 0.217. The molecule has 0 fully saturated rings. The molecule has 0 saturated carbocycles. The SMILES string of the molecule is FC(F)(COCc1cccc(Br)c1)c1ccccc1.OCC(F)(F)c1ccccc1. The lowest BCUT2D eigenvalue weighted by molar-refractivity contribution is -0.0873. The third-order valence-electron chi connectivity index (χ3n) is 4.03.